The van der Waals surface area contributed by atoms with Crippen LogP contribution >= 0.6 is 11.8 Å². The van der Waals surface area contributed by atoms with Gasteiger partial charge in [-0.15, -0.1) is 10.2 Å². The molecule has 1 aromatic carbocycles. The van der Waals surface area contributed by atoms with Crippen molar-refractivity contribution < 1.29 is 4.79 Å². The lowest BCUT2D eigenvalue weighted by atomic mass is 9.83. The number of benzene rings is 1. The molecule has 0 radical (unpaired) electrons. The summed E-state index contributed by atoms with van der Waals surface area (Å²) in [5.74, 6) is 0.407. The maximum absolute atomic E-state index is 12.6. The second-order valence-corrected chi connectivity index (χ2v) is 7.84. The number of fused-ring (bicyclic) bond motifs is 2. The molecule has 0 saturated carbocycles. The van der Waals surface area contributed by atoms with E-state index in [4.69, 9.17) is 0 Å². The van der Waals surface area contributed by atoms with Gasteiger partial charge in [0.05, 0.1) is 5.75 Å². The van der Waals surface area contributed by atoms with E-state index in [1.54, 1.807) is 6.08 Å². The van der Waals surface area contributed by atoms with Crippen LogP contribution in [0.1, 0.15) is 19.4 Å². The van der Waals surface area contributed by atoms with E-state index < -0.39 is 0 Å². The number of para-hydroxylation sites is 1. The summed E-state index contributed by atoms with van der Waals surface area (Å²) in [6, 6.07) is 14.1. The summed E-state index contributed by atoms with van der Waals surface area (Å²) in [6.07, 6.45) is 3.68. The molecule has 0 N–H and O–H groups in total. The highest BCUT2D eigenvalue weighted by atomic mass is 32.2. The number of pyridine rings is 1. The van der Waals surface area contributed by atoms with E-state index in [1.165, 1.54) is 17.3 Å². The quantitative estimate of drug-likeness (QED) is 0.522. The second kappa shape index (κ2) is 6.29. The molecule has 1 aliphatic heterocycles. The third-order valence-electron chi connectivity index (χ3n) is 4.86. The minimum absolute atomic E-state index is 0.0745. The van der Waals surface area contributed by atoms with Crippen LogP contribution < -0.4 is 4.90 Å². The van der Waals surface area contributed by atoms with Gasteiger partial charge in [0, 0.05) is 36.1 Å². The summed E-state index contributed by atoms with van der Waals surface area (Å²) in [5, 5.41) is 9.02. The maximum Gasteiger partial charge on any atom is 0.196 e. The molecule has 0 amide bonds. The summed E-state index contributed by atoms with van der Waals surface area (Å²) in [5.41, 5.74) is 4.03. The van der Waals surface area contributed by atoms with E-state index in [2.05, 4.69) is 41.1 Å². The first-order valence-electron chi connectivity index (χ1n) is 8.49. The topological polar surface area (TPSA) is 50.5 Å². The molecule has 26 heavy (non-hydrogen) atoms. The lowest BCUT2D eigenvalue weighted by molar-refractivity contribution is -0.112. The zero-order valence-electron chi connectivity index (χ0n) is 15.0. The molecule has 0 fully saturated rings. The first-order valence-corrected chi connectivity index (χ1v) is 9.48. The Morgan fingerprint density at radius 1 is 1.15 bits per heavy atom. The molecule has 2 aromatic heterocycles. The van der Waals surface area contributed by atoms with Crippen LogP contribution in [0.2, 0.25) is 0 Å². The molecular weight excluding hydrogens is 344 g/mol. The van der Waals surface area contributed by atoms with E-state index in [0.29, 0.717) is 5.75 Å². The zero-order chi connectivity index (χ0) is 18.3. The molecule has 0 unspecified atom stereocenters. The molecule has 6 heteroatoms. The fourth-order valence-electron chi connectivity index (χ4n) is 3.51. The van der Waals surface area contributed by atoms with Gasteiger partial charge in [-0.1, -0.05) is 49.9 Å². The van der Waals surface area contributed by atoms with Crippen LogP contribution in [0.5, 0.6) is 0 Å². The summed E-state index contributed by atoms with van der Waals surface area (Å²) in [6.45, 7) is 4.32. The molecule has 4 rings (SSSR count). The normalized spacial score (nSPS) is 17.0. The average molecular weight is 364 g/mol. The van der Waals surface area contributed by atoms with Crippen molar-refractivity contribution in [2.75, 3.05) is 17.7 Å². The number of hydrogen-bond acceptors (Lipinski definition) is 5. The highest BCUT2D eigenvalue weighted by molar-refractivity contribution is 7.99. The lowest BCUT2D eigenvalue weighted by Gasteiger charge is -2.23. The van der Waals surface area contributed by atoms with Crippen LogP contribution in [-0.2, 0) is 10.2 Å². The fraction of sp³-hybridized carbons (Fsp3) is 0.250. The van der Waals surface area contributed by atoms with Gasteiger partial charge in [-0.3, -0.25) is 9.20 Å². The predicted molar refractivity (Wildman–Crippen MR) is 105 cm³/mol. The van der Waals surface area contributed by atoms with Crippen molar-refractivity contribution in [3.05, 3.63) is 66.0 Å². The minimum Gasteiger partial charge on any atom is -0.347 e. The molecule has 0 atom stereocenters. The Balaban J connectivity index is 1.54. The van der Waals surface area contributed by atoms with Crippen LogP contribution in [0.3, 0.4) is 0 Å². The van der Waals surface area contributed by atoms with E-state index in [9.17, 15) is 4.79 Å². The monoisotopic (exact) mass is 364 g/mol. The minimum atomic E-state index is -0.187. The van der Waals surface area contributed by atoms with Gasteiger partial charge in [0.15, 0.2) is 16.6 Å². The number of hydrogen-bond donors (Lipinski definition) is 0. The molecule has 5 nitrogen and oxygen atoms in total. The number of rotatable bonds is 4. The molecule has 3 aromatic rings. The molecule has 0 saturated heterocycles. The third kappa shape index (κ3) is 2.70. The largest absolute Gasteiger partial charge is 0.347 e. The first-order chi connectivity index (χ1) is 12.5. The summed E-state index contributed by atoms with van der Waals surface area (Å²) < 4.78 is 1.90. The second-order valence-electron chi connectivity index (χ2n) is 6.90. The Morgan fingerprint density at radius 3 is 2.73 bits per heavy atom. The van der Waals surface area contributed by atoms with Crippen molar-refractivity contribution >= 4 is 28.9 Å². The van der Waals surface area contributed by atoms with Crippen LogP contribution in [0, 0.1) is 0 Å². The average Bonchev–Trinajstić information content (AvgIpc) is 3.14. The van der Waals surface area contributed by atoms with Crippen molar-refractivity contribution in [3.63, 3.8) is 0 Å². The molecule has 0 aliphatic carbocycles. The smallest absolute Gasteiger partial charge is 0.196 e. The van der Waals surface area contributed by atoms with Gasteiger partial charge in [-0.05, 0) is 23.8 Å². The van der Waals surface area contributed by atoms with Crippen LogP contribution in [0.25, 0.3) is 5.65 Å². The number of carbonyl (C=O) groups excluding carboxylic acids is 1. The summed E-state index contributed by atoms with van der Waals surface area (Å²) in [7, 11) is 2.02. The molecule has 1 aliphatic rings. The van der Waals surface area contributed by atoms with Gasteiger partial charge >= 0.3 is 0 Å². The number of allylic oxidation sites excluding steroid dienone is 2. The van der Waals surface area contributed by atoms with Gasteiger partial charge in [0.1, 0.15) is 0 Å². The van der Waals surface area contributed by atoms with Crippen molar-refractivity contribution in [2.24, 2.45) is 0 Å². The van der Waals surface area contributed by atoms with Crippen LogP contribution in [0.4, 0.5) is 5.69 Å². The number of thioether (sulfide) groups is 1. The Labute approximate surface area is 156 Å². The lowest BCUT2D eigenvalue weighted by Crippen LogP contribution is -2.24. The van der Waals surface area contributed by atoms with Crippen LogP contribution in [-0.4, -0.2) is 33.2 Å². The van der Waals surface area contributed by atoms with Crippen molar-refractivity contribution in [1.82, 2.24) is 14.6 Å². The van der Waals surface area contributed by atoms with Crippen LogP contribution in [0.15, 0.2) is 65.6 Å². The molecule has 0 spiro atoms. The number of anilines is 1. The summed E-state index contributed by atoms with van der Waals surface area (Å²) >= 11 is 1.41. The molecule has 3 heterocycles. The standard InChI is InChI=1S/C20H20N4OS/c1-20(2)15-8-4-5-9-16(15)23(3)17(20)12-14(25)13-26-19-22-21-18-10-6-7-11-24(18)19/h4-12H,13H2,1-3H3/b17-12-. The fourth-order valence-corrected chi connectivity index (χ4v) is 4.25. The molecule has 132 valence electrons. The van der Waals surface area contributed by atoms with E-state index >= 15 is 0 Å². The van der Waals surface area contributed by atoms with Crippen molar-refractivity contribution in [3.8, 4) is 0 Å². The maximum atomic E-state index is 12.6. The highest BCUT2D eigenvalue weighted by Gasteiger charge is 2.38. The molecular formula is C20H20N4OS. The van der Waals surface area contributed by atoms with Gasteiger partial charge in [-0.25, -0.2) is 0 Å². The van der Waals surface area contributed by atoms with Crippen molar-refractivity contribution in [1.29, 1.82) is 0 Å². The van der Waals surface area contributed by atoms with E-state index in [0.717, 1.165) is 22.2 Å². The van der Waals surface area contributed by atoms with E-state index in [1.807, 2.05) is 48.0 Å². The Bertz CT molecular complexity index is 1020. The number of carbonyl (C=O) groups is 1. The third-order valence-corrected chi connectivity index (χ3v) is 5.83. The predicted octanol–water partition coefficient (Wildman–Crippen LogP) is 3.70. The number of aromatic nitrogens is 3. The first kappa shape index (κ1) is 16.8. The Morgan fingerprint density at radius 2 is 1.92 bits per heavy atom. The highest BCUT2D eigenvalue weighted by Crippen LogP contribution is 2.46. The number of nitrogens with zero attached hydrogens (tertiary/aromatic N) is 4. The summed E-state index contributed by atoms with van der Waals surface area (Å²) in [4.78, 5) is 14.7. The Kier molecular flexibility index (Phi) is 4.07. The van der Waals surface area contributed by atoms with Gasteiger partial charge in [0.25, 0.3) is 0 Å². The SMILES string of the molecule is CN1/C(=C\C(=O)CSc2nnc3ccccn23)C(C)(C)c2ccccc21. The van der Waals surface area contributed by atoms with Gasteiger partial charge in [-0.2, -0.15) is 0 Å². The number of ketones is 1. The molecule has 0 bridgehead atoms. The van der Waals surface area contributed by atoms with Gasteiger partial charge < -0.3 is 4.90 Å². The van der Waals surface area contributed by atoms with E-state index in [-0.39, 0.29) is 11.2 Å². The number of likely N-dealkylation sites (N-methyl/N-ethyl adjacent to an activating group) is 1. The van der Waals surface area contributed by atoms with Gasteiger partial charge in [0.2, 0.25) is 0 Å². The van der Waals surface area contributed by atoms with Crippen molar-refractivity contribution in [2.45, 2.75) is 24.4 Å². The Hall–Kier alpha value is -2.60. The zero-order valence-corrected chi connectivity index (χ0v) is 15.8.